The highest BCUT2D eigenvalue weighted by Gasteiger charge is 2.25. The number of carbonyl (C=O) groups excluding carboxylic acids is 2. The van der Waals surface area contributed by atoms with Crippen LogP contribution in [-0.4, -0.2) is 58.6 Å². The summed E-state index contributed by atoms with van der Waals surface area (Å²) in [6, 6.07) is 11.3. The molecule has 0 saturated carbocycles. The summed E-state index contributed by atoms with van der Waals surface area (Å²) in [7, 11) is 1.32. The Morgan fingerprint density at radius 2 is 2.00 bits per heavy atom. The van der Waals surface area contributed by atoms with E-state index in [0.717, 1.165) is 55.6 Å². The summed E-state index contributed by atoms with van der Waals surface area (Å²) in [4.78, 5) is 25.0. The van der Waals surface area contributed by atoms with Gasteiger partial charge >= 0.3 is 6.09 Å². The minimum Gasteiger partial charge on any atom is -0.493 e. The van der Waals surface area contributed by atoms with E-state index in [4.69, 9.17) is 25.8 Å². The first-order valence-corrected chi connectivity index (χ1v) is 14.2. The lowest BCUT2D eigenvalue weighted by molar-refractivity contribution is 0.0460. The summed E-state index contributed by atoms with van der Waals surface area (Å²) in [5, 5.41) is 6.38. The molecule has 0 spiro atoms. The number of alkyl carbamates (subject to hydrolysis) is 1. The molecule has 2 aliphatic rings. The van der Waals surface area contributed by atoms with Crippen LogP contribution in [-0.2, 0) is 20.6 Å². The zero-order valence-electron chi connectivity index (χ0n) is 22.8. The van der Waals surface area contributed by atoms with Crippen LogP contribution in [0.1, 0.15) is 65.8 Å². The number of hydrogen-bond donors (Lipinski definition) is 2. The first-order chi connectivity index (χ1) is 18.9. The number of nitrogens with one attached hydrogen (secondary N) is 2. The standard InChI is InChI=1S/C30H39ClN2O6/c1-20(14-21-6-4-11-37-19-21)18-33-29(34)26-16-23(17-27-25(26)9-5-12-38-27)28(22-7-3-8-24(31)15-22)39-13-10-32-30(35)36-2/h3,7-8,15-17,20-21,28H,4-6,9-14,18-19H2,1-2H3,(H,32,35)(H,33,34)/t20-,21+,28?/m0/s1. The van der Waals surface area contributed by atoms with E-state index in [9.17, 15) is 9.59 Å². The van der Waals surface area contributed by atoms with Crippen molar-refractivity contribution in [3.63, 3.8) is 0 Å². The van der Waals surface area contributed by atoms with Crippen LogP contribution in [0.2, 0.25) is 5.02 Å². The van der Waals surface area contributed by atoms with Crippen molar-refractivity contribution in [3.05, 3.63) is 63.7 Å². The van der Waals surface area contributed by atoms with E-state index in [1.165, 1.54) is 13.5 Å². The number of amides is 2. The lowest BCUT2D eigenvalue weighted by atomic mass is 9.91. The number of ether oxygens (including phenoxy) is 4. The third-order valence-electron chi connectivity index (χ3n) is 7.20. The number of rotatable bonds is 11. The molecule has 8 nitrogen and oxygen atoms in total. The first kappa shape index (κ1) is 29.2. The summed E-state index contributed by atoms with van der Waals surface area (Å²) < 4.78 is 22.5. The van der Waals surface area contributed by atoms with Crippen molar-refractivity contribution in [2.45, 2.75) is 45.1 Å². The predicted molar refractivity (Wildman–Crippen MR) is 150 cm³/mol. The molecule has 4 rings (SSSR count). The maximum atomic E-state index is 13.5. The van der Waals surface area contributed by atoms with Gasteiger partial charge in [-0.2, -0.15) is 0 Å². The fourth-order valence-corrected chi connectivity index (χ4v) is 5.50. The highest BCUT2D eigenvalue weighted by Crippen LogP contribution is 2.36. The highest BCUT2D eigenvalue weighted by atomic mass is 35.5. The van der Waals surface area contributed by atoms with Gasteiger partial charge in [0.15, 0.2) is 0 Å². The third-order valence-corrected chi connectivity index (χ3v) is 7.44. The molecule has 0 aromatic heterocycles. The minimum atomic E-state index is -0.524. The largest absolute Gasteiger partial charge is 0.493 e. The Balaban J connectivity index is 1.54. The maximum Gasteiger partial charge on any atom is 0.406 e. The van der Waals surface area contributed by atoms with Gasteiger partial charge < -0.3 is 29.6 Å². The van der Waals surface area contributed by atoms with Crippen LogP contribution >= 0.6 is 11.6 Å². The van der Waals surface area contributed by atoms with Crippen LogP contribution in [0.25, 0.3) is 0 Å². The molecule has 9 heteroatoms. The Bertz CT molecular complexity index is 1120. The summed E-state index contributed by atoms with van der Waals surface area (Å²) in [6.45, 7) is 5.54. The molecule has 0 aliphatic carbocycles. The minimum absolute atomic E-state index is 0.109. The van der Waals surface area contributed by atoms with Crippen molar-refractivity contribution in [2.75, 3.05) is 46.6 Å². The molecule has 212 valence electrons. The topological polar surface area (TPSA) is 95.1 Å². The van der Waals surface area contributed by atoms with Crippen molar-refractivity contribution in [2.24, 2.45) is 11.8 Å². The SMILES string of the molecule is COC(=O)NCCOC(c1cccc(Cl)c1)c1cc2c(c(C(=O)NC[C@@H](C)C[C@H]3CCCOC3)c1)CCCO2. The summed E-state index contributed by atoms with van der Waals surface area (Å²) in [6.07, 6.45) is 3.92. The van der Waals surface area contributed by atoms with Crippen molar-refractivity contribution in [1.82, 2.24) is 10.6 Å². The zero-order chi connectivity index (χ0) is 27.6. The summed E-state index contributed by atoms with van der Waals surface area (Å²) >= 11 is 6.31. The Morgan fingerprint density at radius 1 is 1.13 bits per heavy atom. The fourth-order valence-electron chi connectivity index (χ4n) is 5.30. The van der Waals surface area contributed by atoms with Crippen LogP contribution in [0.4, 0.5) is 4.79 Å². The van der Waals surface area contributed by atoms with E-state index >= 15 is 0 Å². The van der Waals surface area contributed by atoms with Gasteiger partial charge in [-0.3, -0.25) is 4.79 Å². The van der Waals surface area contributed by atoms with Crippen molar-refractivity contribution in [3.8, 4) is 5.75 Å². The van der Waals surface area contributed by atoms with Crippen LogP contribution in [0.5, 0.6) is 5.75 Å². The molecule has 2 amide bonds. The molecule has 2 N–H and O–H groups in total. The third kappa shape index (κ3) is 8.34. The molecule has 1 unspecified atom stereocenters. The molecule has 0 radical (unpaired) electrons. The predicted octanol–water partition coefficient (Wildman–Crippen LogP) is 5.31. The Labute approximate surface area is 235 Å². The van der Waals surface area contributed by atoms with Gasteiger partial charge in [0.1, 0.15) is 11.9 Å². The zero-order valence-corrected chi connectivity index (χ0v) is 23.6. The Kier molecular flexibility index (Phi) is 10.9. The van der Waals surface area contributed by atoms with Crippen molar-refractivity contribution in [1.29, 1.82) is 0 Å². The molecular formula is C30H39ClN2O6. The second-order valence-electron chi connectivity index (χ2n) is 10.4. The number of benzene rings is 2. The van der Waals surface area contributed by atoms with Crippen molar-refractivity contribution >= 4 is 23.6 Å². The van der Waals surface area contributed by atoms with Crippen LogP contribution in [0.15, 0.2) is 36.4 Å². The van der Waals surface area contributed by atoms with Gasteiger partial charge in [-0.25, -0.2) is 4.79 Å². The average Bonchev–Trinajstić information content (AvgIpc) is 2.95. The molecule has 1 saturated heterocycles. The number of halogens is 1. The fraction of sp³-hybridized carbons (Fsp3) is 0.533. The van der Waals surface area contributed by atoms with Gasteiger partial charge in [0.25, 0.3) is 5.91 Å². The number of hydrogen-bond acceptors (Lipinski definition) is 6. The van der Waals surface area contributed by atoms with E-state index in [0.29, 0.717) is 41.3 Å². The molecule has 1 fully saturated rings. The normalized spacial score (nSPS) is 18.3. The van der Waals surface area contributed by atoms with E-state index in [1.54, 1.807) is 6.07 Å². The average molecular weight is 559 g/mol. The van der Waals surface area contributed by atoms with Gasteiger partial charge in [0.05, 0.1) is 20.3 Å². The van der Waals surface area contributed by atoms with Gasteiger partial charge in [0.2, 0.25) is 0 Å². The van der Waals surface area contributed by atoms with Crippen LogP contribution in [0.3, 0.4) is 0 Å². The van der Waals surface area contributed by atoms with Gasteiger partial charge in [-0.15, -0.1) is 0 Å². The molecule has 0 bridgehead atoms. The molecular weight excluding hydrogens is 520 g/mol. The lowest BCUT2D eigenvalue weighted by Gasteiger charge is -2.26. The second kappa shape index (κ2) is 14.5. The maximum absolute atomic E-state index is 13.5. The lowest BCUT2D eigenvalue weighted by Crippen LogP contribution is -2.31. The molecule has 2 aliphatic heterocycles. The molecule has 39 heavy (non-hydrogen) atoms. The highest BCUT2D eigenvalue weighted by molar-refractivity contribution is 6.30. The molecule has 2 aromatic carbocycles. The molecule has 3 atom stereocenters. The van der Waals surface area contributed by atoms with E-state index in [-0.39, 0.29) is 19.1 Å². The number of methoxy groups -OCH3 is 1. The monoisotopic (exact) mass is 558 g/mol. The van der Waals surface area contributed by atoms with Gasteiger partial charge in [0, 0.05) is 42.5 Å². The van der Waals surface area contributed by atoms with Gasteiger partial charge in [-0.1, -0.05) is 30.7 Å². The Hall–Kier alpha value is -2.81. The second-order valence-corrected chi connectivity index (χ2v) is 10.8. The first-order valence-electron chi connectivity index (χ1n) is 13.8. The summed E-state index contributed by atoms with van der Waals surface area (Å²) in [5.41, 5.74) is 3.16. The smallest absolute Gasteiger partial charge is 0.406 e. The van der Waals surface area contributed by atoms with Crippen molar-refractivity contribution < 1.29 is 28.5 Å². The van der Waals surface area contributed by atoms with E-state index in [1.807, 2.05) is 30.3 Å². The number of carbonyl (C=O) groups is 2. The van der Waals surface area contributed by atoms with E-state index < -0.39 is 12.2 Å². The molecule has 2 aromatic rings. The van der Waals surface area contributed by atoms with E-state index in [2.05, 4.69) is 22.3 Å². The molecule has 2 heterocycles. The number of fused-ring (bicyclic) bond motifs is 1. The van der Waals surface area contributed by atoms with Gasteiger partial charge in [-0.05, 0) is 79.3 Å². The Morgan fingerprint density at radius 3 is 2.77 bits per heavy atom. The summed E-state index contributed by atoms with van der Waals surface area (Å²) in [5.74, 6) is 1.50. The quantitative estimate of drug-likeness (QED) is 0.363. The van der Waals surface area contributed by atoms with Crippen LogP contribution in [0, 0.1) is 11.8 Å². The van der Waals surface area contributed by atoms with Crippen LogP contribution < -0.4 is 15.4 Å².